The van der Waals surface area contributed by atoms with Crippen LogP contribution in [0.5, 0.6) is 23.0 Å². The highest BCUT2D eigenvalue weighted by Gasteiger charge is 2.28. The summed E-state index contributed by atoms with van der Waals surface area (Å²) in [5.74, 6) is -1.23. The number of fused-ring (bicyclic) bond motifs is 2. The summed E-state index contributed by atoms with van der Waals surface area (Å²) in [5, 5.41) is 44.1. The van der Waals surface area contributed by atoms with E-state index in [1.165, 1.54) is 48.5 Å². The fourth-order valence-corrected chi connectivity index (χ4v) is 8.53. The number of hydrogen-bond donors (Lipinski definition) is 0. The first-order valence-electron chi connectivity index (χ1n) is 15.6. The van der Waals surface area contributed by atoms with Gasteiger partial charge in [-0.25, -0.2) is 0 Å². The summed E-state index contributed by atoms with van der Waals surface area (Å²) in [6, 6.07) is 27.2. The van der Waals surface area contributed by atoms with Crippen molar-refractivity contribution in [2.24, 2.45) is 0 Å². The van der Waals surface area contributed by atoms with Crippen LogP contribution in [0.1, 0.15) is 43.2 Å². The molecule has 2 atom stereocenters. The van der Waals surface area contributed by atoms with E-state index in [9.17, 15) is 37.8 Å². The van der Waals surface area contributed by atoms with Gasteiger partial charge in [-0.1, -0.05) is 86.6 Å². The molecule has 0 N–H and O–H groups in total. The first kappa shape index (κ1) is 34.6. The van der Waals surface area contributed by atoms with E-state index in [1.807, 2.05) is 13.8 Å². The third kappa shape index (κ3) is 6.58. The van der Waals surface area contributed by atoms with E-state index in [1.54, 1.807) is 48.5 Å². The predicted molar refractivity (Wildman–Crippen MR) is 186 cm³/mol. The van der Waals surface area contributed by atoms with Crippen LogP contribution in [0, 0.1) is 10.8 Å². The van der Waals surface area contributed by atoms with Crippen LogP contribution in [0.25, 0.3) is 31.5 Å². The van der Waals surface area contributed by atoms with E-state index < -0.39 is 43.1 Å². The van der Waals surface area contributed by atoms with Crippen molar-refractivity contribution in [3.8, 4) is 23.0 Å². The van der Waals surface area contributed by atoms with Crippen LogP contribution in [-0.4, -0.2) is 16.8 Å². The molecule has 51 heavy (non-hydrogen) atoms. The van der Waals surface area contributed by atoms with E-state index in [0.717, 1.165) is 23.3 Å². The average molecular weight is 721 g/mol. The molecule has 6 rings (SSSR count). The molecule has 0 heterocycles. The van der Waals surface area contributed by atoms with Gasteiger partial charge >= 0.3 is 31.6 Å². The first-order chi connectivity index (χ1) is 24.4. The van der Waals surface area contributed by atoms with Crippen molar-refractivity contribution >= 4 is 53.2 Å². The van der Waals surface area contributed by atoms with Gasteiger partial charge in [-0.3, -0.25) is 0 Å². The van der Waals surface area contributed by atoms with Gasteiger partial charge in [-0.2, -0.15) is 16.8 Å². The highest BCUT2D eigenvalue weighted by molar-refractivity contribution is 7.87. The molecular weight excluding hydrogens is 693 g/mol. The largest absolute Gasteiger partial charge is 0.867 e. The minimum Gasteiger partial charge on any atom is -0.867 e. The fourth-order valence-electron chi connectivity index (χ4n) is 6.22. The molecular formula is C37H28N4O8S2. The summed E-state index contributed by atoms with van der Waals surface area (Å²) >= 11 is 0. The maximum atomic E-state index is 13.3. The highest BCUT2D eigenvalue weighted by atomic mass is 32.2. The number of hydrogen-bond acceptors (Lipinski definition) is 10. The van der Waals surface area contributed by atoms with Crippen molar-refractivity contribution in [3.63, 3.8) is 0 Å². The van der Waals surface area contributed by atoms with Crippen molar-refractivity contribution in [1.29, 1.82) is 10.8 Å². The lowest BCUT2D eigenvalue weighted by Gasteiger charge is -2.24. The molecule has 2 unspecified atom stereocenters. The van der Waals surface area contributed by atoms with Gasteiger partial charge in [0.25, 0.3) is 0 Å². The summed E-state index contributed by atoms with van der Waals surface area (Å²) in [6.45, 7) is 4.03. The quantitative estimate of drug-likeness (QED) is 0.0992. The Kier molecular flexibility index (Phi) is 9.23. The second-order valence-corrected chi connectivity index (χ2v) is 14.8. The zero-order valence-corrected chi connectivity index (χ0v) is 28.8. The number of benzene rings is 6. The van der Waals surface area contributed by atoms with Crippen molar-refractivity contribution < 1.29 is 35.4 Å². The third-order valence-electron chi connectivity index (χ3n) is 8.80. The van der Waals surface area contributed by atoms with Gasteiger partial charge < -0.3 is 18.6 Å². The SMILES string of the molecule is CCC(c1ccc(OS(=O)(=O)c2cc([N+]#N)c([O-])c3ccccc23)cc1)C(C)c1ccc(OS(=O)(=O)c2cc([N+]#N)c([O-])c3ccccc23)cc1. The topological polar surface area (TPSA) is 189 Å². The van der Waals surface area contributed by atoms with Gasteiger partial charge in [0.05, 0.1) is 12.1 Å². The minimum absolute atomic E-state index is 0.0222. The van der Waals surface area contributed by atoms with Crippen LogP contribution in [0.4, 0.5) is 11.4 Å². The summed E-state index contributed by atoms with van der Waals surface area (Å²) in [7, 11) is -8.87. The number of nitrogens with zero attached hydrogens (tertiary/aromatic N) is 4. The molecule has 6 aromatic rings. The van der Waals surface area contributed by atoms with Gasteiger partial charge in [-0.15, -0.1) is 0 Å². The zero-order valence-electron chi connectivity index (χ0n) is 27.1. The van der Waals surface area contributed by atoms with E-state index >= 15 is 0 Å². The molecule has 14 heteroatoms. The summed E-state index contributed by atoms with van der Waals surface area (Å²) in [6.07, 6.45) is 0.717. The first-order valence-corrected chi connectivity index (χ1v) is 18.4. The number of diazo groups is 2. The molecule has 0 aliphatic rings. The Bertz CT molecular complexity index is 2620. The Morgan fingerprint density at radius 3 is 1.35 bits per heavy atom. The molecule has 256 valence electrons. The molecule has 0 radical (unpaired) electrons. The van der Waals surface area contributed by atoms with E-state index in [0.29, 0.717) is 6.42 Å². The van der Waals surface area contributed by atoms with Crippen molar-refractivity contribution in [2.45, 2.75) is 41.9 Å². The molecule has 0 bridgehead atoms. The maximum Gasteiger partial charge on any atom is 0.379 e. The monoisotopic (exact) mass is 720 g/mol. The molecule has 0 aliphatic carbocycles. The van der Waals surface area contributed by atoms with Gasteiger partial charge in [-0.05, 0) is 75.9 Å². The lowest BCUT2D eigenvalue weighted by Crippen LogP contribution is -2.12. The van der Waals surface area contributed by atoms with Gasteiger partial charge in [0, 0.05) is 10.8 Å². The second kappa shape index (κ2) is 13.6. The molecule has 0 saturated carbocycles. The summed E-state index contributed by atoms with van der Waals surface area (Å²) < 4.78 is 64.2. The standard InChI is InChI=1S/C37H28N4O8S2/c1-3-27(24-14-18-26(19-15-24)49-51(46,47)35-21-33(41-39)37(43)31-11-7-5-9-29(31)35)22(2)23-12-16-25(17-13-23)48-50(44,45)34-20-32(40-38)36(42)30-10-6-4-8-28(30)34/h4-22,27H,3H2,1-2H3. The minimum atomic E-state index is -4.43. The second-order valence-electron chi connectivity index (χ2n) is 11.8. The average Bonchev–Trinajstić information content (AvgIpc) is 3.13. The number of rotatable bonds is 10. The van der Waals surface area contributed by atoms with Gasteiger partial charge in [0.2, 0.25) is 10.8 Å². The van der Waals surface area contributed by atoms with Crippen LogP contribution in [0.15, 0.2) is 119 Å². The fraction of sp³-hybridized carbons (Fsp3) is 0.135. The van der Waals surface area contributed by atoms with Crippen LogP contribution in [0.3, 0.4) is 0 Å². The summed E-state index contributed by atoms with van der Waals surface area (Å²) in [5.41, 5.74) is 0.933. The molecule has 0 amide bonds. The lowest BCUT2D eigenvalue weighted by atomic mass is 9.81. The molecule has 0 aliphatic heterocycles. The Morgan fingerprint density at radius 2 is 0.980 bits per heavy atom. The van der Waals surface area contributed by atoms with Crippen LogP contribution in [0.2, 0.25) is 0 Å². The molecule has 12 nitrogen and oxygen atoms in total. The molecule has 0 spiro atoms. The Hall–Kier alpha value is -6.22. The Balaban J connectivity index is 1.20. The van der Waals surface area contributed by atoms with E-state index in [-0.39, 0.29) is 54.7 Å². The third-order valence-corrected chi connectivity index (χ3v) is 11.4. The predicted octanol–water partition coefficient (Wildman–Crippen LogP) is 7.94. The smallest absolute Gasteiger partial charge is 0.379 e. The Labute approximate surface area is 293 Å². The highest BCUT2D eigenvalue weighted by Crippen LogP contribution is 2.41. The molecule has 0 aromatic heterocycles. The van der Waals surface area contributed by atoms with Crippen LogP contribution < -0.4 is 18.6 Å². The molecule has 6 aromatic carbocycles. The normalized spacial score (nSPS) is 12.9. The maximum absolute atomic E-state index is 13.3. The van der Waals surface area contributed by atoms with E-state index in [4.69, 9.17) is 8.37 Å². The van der Waals surface area contributed by atoms with Crippen molar-refractivity contribution in [3.05, 3.63) is 130 Å². The molecule has 0 saturated heterocycles. The lowest BCUT2D eigenvalue weighted by molar-refractivity contribution is -0.265. The summed E-state index contributed by atoms with van der Waals surface area (Å²) in [4.78, 5) is 5.27. The van der Waals surface area contributed by atoms with Crippen molar-refractivity contribution in [1.82, 2.24) is 0 Å². The van der Waals surface area contributed by atoms with Crippen molar-refractivity contribution in [2.75, 3.05) is 0 Å². The van der Waals surface area contributed by atoms with Gasteiger partial charge in [0.15, 0.2) is 9.95 Å². The van der Waals surface area contributed by atoms with Crippen LogP contribution >= 0.6 is 0 Å². The van der Waals surface area contributed by atoms with Gasteiger partial charge in [0.1, 0.15) is 21.3 Å². The van der Waals surface area contributed by atoms with E-state index in [2.05, 4.69) is 9.95 Å². The zero-order chi connectivity index (χ0) is 36.5. The van der Waals surface area contributed by atoms with Crippen LogP contribution in [-0.2, 0) is 20.2 Å². The molecule has 0 fully saturated rings. The Morgan fingerprint density at radius 1 is 0.608 bits per heavy atom.